The highest BCUT2D eigenvalue weighted by atomic mass is 32.2. The summed E-state index contributed by atoms with van der Waals surface area (Å²) in [7, 11) is -4.17. The molecule has 0 radical (unpaired) electrons. The molecule has 0 aliphatic carbocycles. The average Bonchev–Trinajstić information content (AvgIpc) is 2.77. The Morgan fingerprint density at radius 1 is 1.00 bits per heavy atom. The van der Waals surface area contributed by atoms with Crippen molar-refractivity contribution in [1.29, 1.82) is 0 Å². The number of hydrogen-bond donors (Lipinski definition) is 1. The van der Waals surface area contributed by atoms with Crippen molar-refractivity contribution < 1.29 is 26.7 Å². The molecule has 1 saturated heterocycles. The first-order valence-corrected chi connectivity index (χ1v) is 11.4. The molecule has 0 atom stereocenters. The lowest BCUT2D eigenvalue weighted by atomic mass is 10.3. The largest absolute Gasteiger partial charge is 0.379 e. The highest BCUT2D eigenvalue weighted by molar-refractivity contribution is 7.92. The topological polar surface area (TPSA) is 79.0 Å². The molecule has 0 saturated carbocycles. The highest BCUT2D eigenvalue weighted by Gasteiger charge is 2.27. The van der Waals surface area contributed by atoms with Gasteiger partial charge in [-0.05, 0) is 61.5 Å². The molecule has 1 aliphatic rings. The Balaban J connectivity index is 1.67. The summed E-state index contributed by atoms with van der Waals surface area (Å²) in [6.45, 7) is 3.80. The van der Waals surface area contributed by atoms with E-state index in [2.05, 4.69) is 10.2 Å². The Bertz CT molecular complexity index is 963. The highest BCUT2D eigenvalue weighted by Crippen LogP contribution is 2.24. The summed E-state index contributed by atoms with van der Waals surface area (Å²) in [4.78, 5) is 14.6. The molecule has 1 amide bonds. The summed E-state index contributed by atoms with van der Waals surface area (Å²) >= 11 is 0. The van der Waals surface area contributed by atoms with Gasteiger partial charge in [0, 0.05) is 19.6 Å². The molecule has 7 nitrogen and oxygen atoms in total. The fourth-order valence-electron chi connectivity index (χ4n) is 3.20. The van der Waals surface area contributed by atoms with Crippen LogP contribution < -0.4 is 9.62 Å². The molecule has 0 unspecified atom stereocenters. The first kappa shape index (κ1) is 23.1. The van der Waals surface area contributed by atoms with Gasteiger partial charge in [-0.25, -0.2) is 17.2 Å². The quantitative estimate of drug-likeness (QED) is 0.588. The molecular formula is C21H25F2N3O4S. The minimum Gasteiger partial charge on any atom is -0.379 e. The van der Waals surface area contributed by atoms with E-state index in [1.165, 1.54) is 12.1 Å². The van der Waals surface area contributed by atoms with Gasteiger partial charge < -0.3 is 10.1 Å². The second kappa shape index (κ2) is 10.7. The van der Waals surface area contributed by atoms with Gasteiger partial charge in [0.15, 0.2) is 0 Å². The van der Waals surface area contributed by atoms with Crippen LogP contribution in [0.1, 0.15) is 6.42 Å². The fourth-order valence-corrected chi connectivity index (χ4v) is 4.62. The number of nitrogens with zero attached hydrogens (tertiary/aromatic N) is 2. The van der Waals surface area contributed by atoms with Gasteiger partial charge in [-0.15, -0.1) is 0 Å². The van der Waals surface area contributed by atoms with Crippen LogP contribution in [0.15, 0.2) is 53.4 Å². The first-order valence-electron chi connectivity index (χ1n) is 9.97. The van der Waals surface area contributed by atoms with Crippen LogP contribution in [0.5, 0.6) is 0 Å². The summed E-state index contributed by atoms with van der Waals surface area (Å²) in [6, 6.07) is 9.10. The number of carbonyl (C=O) groups excluding carboxylic acids is 1. The maximum atomic E-state index is 13.3. The molecule has 1 N–H and O–H groups in total. The summed E-state index contributed by atoms with van der Waals surface area (Å²) in [5.74, 6) is -1.60. The molecule has 0 spiro atoms. The molecule has 1 aliphatic heterocycles. The van der Waals surface area contributed by atoms with Crippen molar-refractivity contribution in [3.63, 3.8) is 0 Å². The monoisotopic (exact) mass is 453 g/mol. The van der Waals surface area contributed by atoms with E-state index in [0.29, 0.717) is 26.2 Å². The molecule has 3 rings (SSSR count). The van der Waals surface area contributed by atoms with Crippen LogP contribution in [0.25, 0.3) is 0 Å². The van der Waals surface area contributed by atoms with E-state index in [1.807, 2.05) is 0 Å². The van der Waals surface area contributed by atoms with Crippen LogP contribution >= 0.6 is 0 Å². The second-order valence-corrected chi connectivity index (χ2v) is 8.96. The number of anilines is 1. The smallest absolute Gasteiger partial charge is 0.264 e. The molecule has 0 bridgehead atoms. The Morgan fingerprint density at radius 3 is 2.19 bits per heavy atom. The number of morpholine rings is 1. The molecule has 1 fully saturated rings. The summed E-state index contributed by atoms with van der Waals surface area (Å²) in [5, 5.41) is 2.73. The average molecular weight is 454 g/mol. The molecule has 10 heteroatoms. The fraction of sp³-hybridized carbons (Fsp3) is 0.381. The number of ether oxygens (including phenoxy) is 1. The number of benzene rings is 2. The zero-order valence-corrected chi connectivity index (χ0v) is 17.8. The van der Waals surface area contributed by atoms with Crippen molar-refractivity contribution in [1.82, 2.24) is 10.2 Å². The summed E-state index contributed by atoms with van der Waals surface area (Å²) in [5.41, 5.74) is 0.134. The van der Waals surface area contributed by atoms with Crippen LogP contribution in [0, 0.1) is 11.6 Å². The molecule has 2 aromatic rings. The lowest BCUT2D eigenvalue weighted by molar-refractivity contribution is -0.119. The van der Waals surface area contributed by atoms with Crippen LogP contribution in [-0.2, 0) is 19.6 Å². The number of hydrogen-bond acceptors (Lipinski definition) is 5. The maximum absolute atomic E-state index is 13.3. The number of amides is 1. The van der Waals surface area contributed by atoms with Gasteiger partial charge in [-0.2, -0.15) is 0 Å². The number of carbonyl (C=O) groups is 1. The lowest BCUT2D eigenvalue weighted by Crippen LogP contribution is -2.42. The number of rotatable bonds is 9. The normalized spacial score (nSPS) is 14.9. The van der Waals surface area contributed by atoms with Gasteiger partial charge in [-0.1, -0.05) is 0 Å². The maximum Gasteiger partial charge on any atom is 0.264 e. The SMILES string of the molecule is O=C(CN(c1ccc(F)cc1)S(=O)(=O)c1ccc(F)cc1)NCCCN1CCOCC1. The molecule has 0 aromatic heterocycles. The summed E-state index contributed by atoms with van der Waals surface area (Å²) in [6.07, 6.45) is 0.715. The number of sulfonamides is 1. The zero-order valence-electron chi connectivity index (χ0n) is 17.0. The van der Waals surface area contributed by atoms with E-state index < -0.39 is 34.1 Å². The minimum atomic E-state index is -4.17. The van der Waals surface area contributed by atoms with Crippen molar-refractivity contribution >= 4 is 21.6 Å². The lowest BCUT2D eigenvalue weighted by Gasteiger charge is -2.26. The van der Waals surface area contributed by atoms with E-state index >= 15 is 0 Å². The van der Waals surface area contributed by atoms with E-state index in [1.54, 1.807) is 0 Å². The van der Waals surface area contributed by atoms with Gasteiger partial charge in [0.2, 0.25) is 5.91 Å². The Kier molecular flexibility index (Phi) is 7.94. The molecular weight excluding hydrogens is 428 g/mol. The standard InChI is InChI=1S/C21H25F2N3O4S/c22-17-2-6-19(7-3-17)26(31(28,29)20-8-4-18(23)5-9-20)16-21(27)24-10-1-11-25-12-14-30-15-13-25/h2-9H,1,10-16H2,(H,24,27). The van der Waals surface area contributed by atoms with Gasteiger partial charge in [0.05, 0.1) is 23.8 Å². The third-order valence-corrected chi connectivity index (χ3v) is 6.67. The van der Waals surface area contributed by atoms with Crippen LogP contribution in [0.3, 0.4) is 0 Å². The van der Waals surface area contributed by atoms with E-state index in [0.717, 1.165) is 60.3 Å². The molecule has 1 heterocycles. The number of nitrogens with one attached hydrogen (secondary N) is 1. The molecule has 2 aromatic carbocycles. The number of halogens is 2. The van der Waals surface area contributed by atoms with Gasteiger partial charge in [-0.3, -0.25) is 14.0 Å². The van der Waals surface area contributed by atoms with Crippen molar-refractivity contribution in [2.75, 3.05) is 50.2 Å². The van der Waals surface area contributed by atoms with E-state index in [9.17, 15) is 22.0 Å². The van der Waals surface area contributed by atoms with Crippen LogP contribution in [0.2, 0.25) is 0 Å². The van der Waals surface area contributed by atoms with Gasteiger partial charge in [0.1, 0.15) is 18.2 Å². The minimum absolute atomic E-state index is 0.134. The van der Waals surface area contributed by atoms with Crippen molar-refractivity contribution in [2.24, 2.45) is 0 Å². The Hall–Kier alpha value is -2.56. The van der Waals surface area contributed by atoms with E-state index in [4.69, 9.17) is 4.74 Å². The van der Waals surface area contributed by atoms with Crippen LogP contribution in [-0.4, -0.2) is 65.2 Å². The third kappa shape index (κ3) is 6.46. The van der Waals surface area contributed by atoms with E-state index in [-0.39, 0.29) is 10.6 Å². The predicted molar refractivity (Wildman–Crippen MR) is 112 cm³/mol. The Labute approximate surface area is 180 Å². The third-order valence-electron chi connectivity index (χ3n) is 4.88. The van der Waals surface area contributed by atoms with Crippen molar-refractivity contribution in [3.05, 3.63) is 60.2 Å². The molecule has 31 heavy (non-hydrogen) atoms. The van der Waals surface area contributed by atoms with Crippen molar-refractivity contribution in [2.45, 2.75) is 11.3 Å². The predicted octanol–water partition coefficient (Wildman–Crippen LogP) is 2.00. The van der Waals surface area contributed by atoms with Crippen LogP contribution in [0.4, 0.5) is 14.5 Å². The molecule has 168 valence electrons. The second-order valence-electron chi connectivity index (χ2n) is 7.10. The first-order chi connectivity index (χ1) is 14.9. The van der Waals surface area contributed by atoms with Crippen molar-refractivity contribution in [3.8, 4) is 0 Å². The Morgan fingerprint density at radius 2 is 1.58 bits per heavy atom. The summed E-state index contributed by atoms with van der Waals surface area (Å²) < 4.78 is 59.0. The van der Waals surface area contributed by atoms with Gasteiger partial charge >= 0.3 is 0 Å². The van der Waals surface area contributed by atoms with Gasteiger partial charge in [0.25, 0.3) is 10.0 Å². The zero-order chi connectivity index (χ0) is 22.3.